The van der Waals surface area contributed by atoms with Gasteiger partial charge in [0.1, 0.15) is 6.79 Å². The third-order valence-electron chi connectivity index (χ3n) is 1.70. The quantitative estimate of drug-likeness (QED) is 0.586. The summed E-state index contributed by atoms with van der Waals surface area (Å²) < 4.78 is 10.3. The molecule has 0 aliphatic carbocycles. The van der Waals surface area contributed by atoms with Gasteiger partial charge < -0.3 is 9.47 Å². The fourth-order valence-corrected chi connectivity index (χ4v) is 1.61. The van der Waals surface area contributed by atoms with Crippen molar-refractivity contribution in [1.82, 2.24) is 0 Å². The predicted molar refractivity (Wildman–Crippen MR) is 55.9 cm³/mol. The second kappa shape index (κ2) is 6.13. The fourth-order valence-electron chi connectivity index (χ4n) is 1.05. The van der Waals surface area contributed by atoms with Crippen molar-refractivity contribution >= 4 is 15.9 Å². The molecule has 0 aliphatic rings. The van der Waals surface area contributed by atoms with Crippen LogP contribution in [0.2, 0.25) is 0 Å². The topological polar surface area (TPSA) is 18.5 Å². The normalized spacial score (nSPS) is 12.8. The van der Waals surface area contributed by atoms with Crippen molar-refractivity contribution < 1.29 is 9.47 Å². The summed E-state index contributed by atoms with van der Waals surface area (Å²) in [5.41, 5.74) is 1.16. The lowest BCUT2D eigenvalue weighted by atomic mass is 10.1. The summed E-state index contributed by atoms with van der Waals surface area (Å²) in [6.45, 7) is 0.325. The molecule has 0 spiro atoms. The Labute approximate surface area is 87.0 Å². The maximum atomic E-state index is 5.46. The molecule has 0 heterocycles. The highest BCUT2D eigenvalue weighted by atomic mass is 79.9. The van der Waals surface area contributed by atoms with Gasteiger partial charge in [0.05, 0.1) is 6.10 Å². The van der Waals surface area contributed by atoms with Crippen LogP contribution in [0.4, 0.5) is 0 Å². The Bertz CT molecular complexity index is 226. The minimum Gasteiger partial charge on any atom is -0.359 e. The van der Waals surface area contributed by atoms with E-state index in [4.69, 9.17) is 9.47 Å². The van der Waals surface area contributed by atoms with Crippen LogP contribution in [0.15, 0.2) is 30.3 Å². The number of methoxy groups -OCH3 is 1. The van der Waals surface area contributed by atoms with Crippen LogP contribution in [0.3, 0.4) is 0 Å². The van der Waals surface area contributed by atoms with E-state index in [1.807, 2.05) is 30.3 Å². The molecule has 1 rings (SSSR count). The van der Waals surface area contributed by atoms with Gasteiger partial charge in [0.15, 0.2) is 0 Å². The molecule has 0 aliphatic heterocycles. The largest absolute Gasteiger partial charge is 0.359 e. The number of hydrogen-bond acceptors (Lipinski definition) is 2. The first-order valence-electron chi connectivity index (χ1n) is 4.10. The zero-order valence-corrected chi connectivity index (χ0v) is 9.16. The Morgan fingerprint density at radius 3 is 2.54 bits per heavy atom. The lowest BCUT2D eigenvalue weighted by Gasteiger charge is -2.14. The molecule has 0 aromatic heterocycles. The lowest BCUT2D eigenvalue weighted by Crippen LogP contribution is -2.07. The molecule has 72 valence electrons. The average Bonchev–Trinajstić information content (AvgIpc) is 2.21. The Hall–Kier alpha value is -0.380. The number of ether oxygens (including phenoxy) is 2. The van der Waals surface area contributed by atoms with Crippen molar-refractivity contribution in [2.75, 3.05) is 19.2 Å². The van der Waals surface area contributed by atoms with Crippen LogP contribution in [-0.2, 0) is 9.47 Å². The van der Waals surface area contributed by atoms with E-state index in [0.717, 1.165) is 10.9 Å². The van der Waals surface area contributed by atoms with Crippen molar-refractivity contribution in [3.05, 3.63) is 35.9 Å². The van der Waals surface area contributed by atoms with Crippen LogP contribution in [0.1, 0.15) is 11.7 Å². The third kappa shape index (κ3) is 3.46. The molecule has 1 atom stereocenters. The minimum atomic E-state index is 0.0705. The zero-order valence-electron chi connectivity index (χ0n) is 7.57. The van der Waals surface area contributed by atoms with E-state index in [9.17, 15) is 0 Å². The Morgan fingerprint density at radius 2 is 2.00 bits per heavy atom. The average molecular weight is 245 g/mol. The fraction of sp³-hybridized carbons (Fsp3) is 0.400. The second-order valence-corrected chi connectivity index (χ2v) is 3.27. The van der Waals surface area contributed by atoms with Crippen molar-refractivity contribution in [1.29, 1.82) is 0 Å². The molecule has 0 bridgehead atoms. The third-order valence-corrected chi connectivity index (χ3v) is 2.29. The SMILES string of the molecule is COCOC(CBr)c1ccccc1. The van der Waals surface area contributed by atoms with Crippen LogP contribution in [0.5, 0.6) is 0 Å². The number of alkyl halides is 1. The highest BCUT2D eigenvalue weighted by molar-refractivity contribution is 9.09. The van der Waals surface area contributed by atoms with E-state index in [-0.39, 0.29) is 6.10 Å². The van der Waals surface area contributed by atoms with E-state index in [1.165, 1.54) is 0 Å². The lowest BCUT2D eigenvalue weighted by molar-refractivity contribution is -0.0645. The molecule has 1 unspecified atom stereocenters. The van der Waals surface area contributed by atoms with Crippen LogP contribution >= 0.6 is 15.9 Å². The van der Waals surface area contributed by atoms with E-state index >= 15 is 0 Å². The smallest absolute Gasteiger partial charge is 0.147 e. The second-order valence-electron chi connectivity index (χ2n) is 2.63. The van der Waals surface area contributed by atoms with Crippen LogP contribution < -0.4 is 0 Å². The summed E-state index contributed by atoms with van der Waals surface area (Å²) >= 11 is 3.40. The number of hydrogen-bond donors (Lipinski definition) is 0. The number of rotatable bonds is 5. The van der Waals surface area contributed by atoms with Crippen LogP contribution in [0, 0.1) is 0 Å². The molecule has 3 heteroatoms. The molecule has 1 aromatic carbocycles. The van der Waals surface area contributed by atoms with Gasteiger partial charge >= 0.3 is 0 Å². The van der Waals surface area contributed by atoms with Crippen molar-refractivity contribution in [3.63, 3.8) is 0 Å². The van der Waals surface area contributed by atoms with Gasteiger partial charge in [-0.1, -0.05) is 46.3 Å². The number of halogens is 1. The molecular formula is C10H13BrO2. The molecule has 13 heavy (non-hydrogen) atoms. The molecular weight excluding hydrogens is 232 g/mol. The summed E-state index contributed by atoms with van der Waals surface area (Å²) in [6, 6.07) is 10.1. The highest BCUT2D eigenvalue weighted by Crippen LogP contribution is 2.18. The number of benzene rings is 1. The summed E-state index contributed by atoms with van der Waals surface area (Å²) in [5, 5.41) is 0.778. The van der Waals surface area contributed by atoms with Crippen molar-refractivity contribution in [2.45, 2.75) is 6.10 Å². The summed E-state index contributed by atoms with van der Waals surface area (Å²) in [4.78, 5) is 0. The van der Waals surface area contributed by atoms with E-state index in [2.05, 4.69) is 15.9 Å². The first-order chi connectivity index (χ1) is 6.38. The maximum absolute atomic E-state index is 5.46. The Balaban J connectivity index is 2.56. The molecule has 0 fully saturated rings. The first kappa shape index (κ1) is 10.7. The molecule has 0 saturated heterocycles. The van der Waals surface area contributed by atoms with Gasteiger partial charge in [0.25, 0.3) is 0 Å². The van der Waals surface area contributed by atoms with E-state index in [0.29, 0.717) is 6.79 Å². The van der Waals surface area contributed by atoms with Crippen LogP contribution in [0.25, 0.3) is 0 Å². The Kier molecular flexibility index (Phi) is 5.05. The molecule has 0 saturated carbocycles. The monoisotopic (exact) mass is 244 g/mol. The molecule has 0 amide bonds. The van der Waals surface area contributed by atoms with Crippen molar-refractivity contribution in [3.8, 4) is 0 Å². The van der Waals surface area contributed by atoms with Crippen molar-refractivity contribution in [2.24, 2.45) is 0 Å². The summed E-state index contributed by atoms with van der Waals surface area (Å²) in [7, 11) is 1.62. The minimum absolute atomic E-state index is 0.0705. The Morgan fingerprint density at radius 1 is 1.31 bits per heavy atom. The summed E-state index contributed by atoms with van der Waals surface area (Å²) in [6.07, 6.45) is 0.0705. The zero-order chi connectivity index (χ0) is 9.52. The maximum Gasteiger partial charge on any atom is 0.147 e. The molecule has 2 nitrogen and oxygen atoms in total. The standard InChI is InChI=1S/C10H13BrO2/c1-12-8-13-10(7-11)9-5-3-2-4-6-9/h2-6,10H,7-8H2,1H3. The van der Waals surface area contributed by atoms with Gasteiger partial charge in [-0.25, -0.2) is 0 Å². The first-order valence-corrected chi connectivity index (χ1v) is 5.22. The van der Waals surface area contributed by atoms with Gasteiger partial charge in [0.2, 0.25) is 0 Å². The summed E-state index contributed by atoms with van der Waals surface area (Å²) in [5.74, 6) is 0. The van der Waals surface area contributed by atoms with Gasteiger partial charge in [-0.15, -0.1) is 0 Å². The highest BCUT2D eigenvalue weighted by Gasteiger charge is 2.08. The predicted octanol–water partition coefficient (Wildman–Crippen LogP) is 2.74. The van der Waals surface area contributed by atoms with E-state index < -0.39 is 0 Å². The van der Waals surface area contributed by atoms with Gasteiger partial charge in [0, 0.05) is 12.4 Å². The van der Waals surface area contributed by atoms with Gasteiger partial charge in [-0.3, -0.25) is 0 Å². The molecule has 0 N–H and O–H groups in total. The molecule has 0 radical (unpaired) electrons. The van der Waals surface area contributed by atoms with Crippen LogP contribution in [-0.4, -0.2) is 19.2 Å². The molecule has 1 aromatic rings. The van der Waals surface area contributed by atoms with Gasteiger partial charge in [-0.05, 0) is 5.56 Å². The van der Waals surface area contributed by atoms with Gasteiger partial charge in [-0.2, -0.15) is 0 Å². The van der Waals surface area contributed by atoms with E-state index in [1.54, 1.807) is 7.11 Å².